The summed E-state index contributed by atoms with van der Waals surface area (Å²) in [6.45, 7) is 2.36. The van der Waals surface area contributed by atoms with Gasteiger partial charge < -0.3 is 9.84 Å². The summed E-state index contributed by atoms with van der Waals surface area (Å²) in [7, 11) is -2.00. The van der Waals surface area contributed by atoms with E-state index < -0.39 is 10.0 Å². The molecule has 118 valence electrons. The fourth-order valence-electron chi connectivity index (χ4n) is 2.45. The number of thioether (sulfide) groups is 1. The summed E-state index contributed by atoms with van der Waals surface area (Å²) in [5.41, 5.74) is 0.599. The Morgan fingerprint density at radius 1 is 1.48 bits per heavy atom. The largest absolute Gasteiger partial charge is 0.497 e. The lowest BCUT2D eigenvalue weighted by atomic mass is 10.1. The molecule has 0 amide bonds. The number of benzene rings is 1. The third-order valence-corrected chi connectivity index (χ3v) is 6.85. The van der Waals surface area contributed by atoms with E-state index in [1.165, 1.54) is 7.11 Å². The zero-order valence-corrected chi connectivity index (χ0v) is 13.9. The number of hydrogen-bond donors (Lipinski definition) is 1. The highest BCUT2D eigenvalue weighted by molar-refractivity contribution is 7.99. The van der Waals surface area contributed by atoms with E-state index in [0.717, 1.165) is 11.5 Å². The quantitative estimate of drug-likeness (QED) is 0.882. The lowest BCUT2D eigenvalue weighted by Gasteiger charge is -2.32. The van der Waals surface area contributed by atoms with Crippen molar-refractivity contribution in [1.82, 2.24) is 4.31 Å². The molecule has 5 nitrogen and oxygen atoms in total. The van der Waals surface area contributed by atoms with Crippen molar-refractivity contribution in [3.05, 3.63) is 23.8 Å². The van der Waals surface area contributed by atoms with Crippen LogP contribution in [0.25, 0.3) is 0 Å². The zero-order valence-electron chi connectivity index (χ0n) is 12.3. The number of sulfonamides is 1. The molecule has 2 rings (SSSR count). The minimum Gasteiger partial charge on any atom is -0.497 e. The molecule has 0 radical (unpaired) electrons. The number of aliphatic hydroxyl groups is 1. The minimum absolute atomic E-state index is 0.0159. The zero-order chi connectivity index (χ0) is 15.5. The SMILES string of the molecule is COc1ccc(S(=O)(=O)N2CCSCC2C)c(CCO)c1. The van der Waals surface area contributed by atoms with Crippen LogP contribution in [-0.4, -0.2) is 55.6 Å². The van der Waals surface area contributed by atoms with Gasteiger partial charge in [-0.25, -0.2) is 8.42 Å². The van der Waals surface area contributed by atoms with Gasteiger partial charge in [-0.2, -0.15) is 16.1 Å². The van der Waals surface area contributed by atoms with E-state index in [0.29, 0.717) is 24.3 Å². The summed E-state index contributed by atoms with van der Waals surface area (Å²) < 4.78 is 32.5. The van der Waals surface area contributed by atoms with Crippen LogP contribution in [0.3, 0.4) is 0 Å². The molecule has 0 bridgehead atoms. The lowest BCUT2D eigenvalue weighted by molar-refractivity contribution is 0.298. The van der Waals surface area contributed by atoms with Crippen LogP contribution in [0, 0.1) is 0 Å². The van der Waals surface area contributed by atoms with Crippen molar-refractivity contribution in [3.63, 3.8) is 0 Å². The van der Waals surface area contributed by atoms with Gasteiger partial charge in [0.1, 0.15) is 5.75 Å². The van der Waals surface area contributed by atoms with E-state index >= 15 is 0 Å². The maximum absolute atomic E-state index is 12.9. The van der Waals surface area contributed by atoms with Gasteiger partial charge in [-0.3, -0.25) is 0 Å². The fourth-order valence-corrected chi connectivity index (χ4v) is 5.53. The molecule has 1 atom stereocenters. The van der Waals surface area contributed by atoms with Gasteiger partial charge in [-0.1, -0.05) is 0 Å². The van der Waals surface area contributed by atoms with Gasteiger partial charge in [0.2, 0.25) is 10.0 Å². The number of aliphatic hydroxyl groups excluding tert-OH is 1. The molecule has 1 aliphatic rings. The van der Waals surface area contributed by atoms with Crippen molar-refractivity contribution in [1.29, 1.82) is 0 Å². The molecule has 1 aliphatic heterocycles. The molecule has 1 aromatic rings. The van der Waals surface area contributed by atoms with E-state index in [-0.39, 0.29) is 17.5 Å². The normalized spacial score (nSPS) is 20.4. The highest BCUT2D eigenvalue weighted by Gasteiger charge is 2.32. The van der Waals surface area contributed by atoms with Crippen LogP contribution in [0.1, 0.15) is 12.5 Å². The standard InChI is InChI=1S/C14H21NO4S2/c1-11-10-20-8-6-15(11)21(17,18)14-4-3-13(19-2)9-12(14)5-7-16/h3-4,9,11,16H,5-8,10H2,1-2H3. The molecular weight excluding hydrogens is 310 g/mol. The van der Waals surface area contributed by atoms with Crippen molar-refractivity contribution in [3.8, 4) is 5.75 Å². The summed E-state index contributed by atoms with van der Waals surface area (Å²) in [6, 6.07) is 4.90. The predicted molar refractivity (Wildman–Crippen MR) is 84.5 cm³/mol. The topological polar surface area (TPSA) is 66.8 Å². The number of hydrogen-bond acceptors (Lipinski definition) is 5. The van der Waals surface area contributed by atoms with E-state index in [1.54, 1.807) is 34.3 Å². The number of rotatable bonds is 5. The Hall–Kier alpha value is -0.760. The highest BCUT2D eigenvalue weighted by atomic mass is 32.2. The maximum atomic E-state index is 12.9. The monoisotopic (exact) mass is 331 g/mol. The molecule has 1 aromatic carbocycles. The molecule has 1 fully saturated rings. The molecule has 1 unspecified atom stereocenters. The lowest BCUT2D eigenvalue weighted by Crippen LogP contribution is -2.44. The van der Waals surface area contributed by atoms with E-state index in [4.69, 9.17) is 4.74 Å². The molecule has 0 aliphatic carbocycles. The summed E-state index contributed by atoms with van der Waals surface area (Å²) in [5, 5.41) is 9.18. The Balaban J connectivity index is 2.43. The summed E-state index contributed by atoms with van der Waals surface area (Å²) in [5.74, 6) is 2.22. The third-order valence-electron chi connectivity index (χ3n) is 3.54. The number of nitrogens with zero attached hydrogens (tertiary/aromatic N) is 1. The first kappa shape index (κ1) is 16.6. The number of ether oxygens (including phenoxy) is 1. The van der Waals surface area contributed by atoms with Gasteiger partial charge in [0.05, 0.1) is 12.0 Å². The van der Waals surface area contributed by atoms with Crippen molar-refractivity contribution < 1.29 is 18.3 Å². The number of methoxy groups -OCH3 is 1. The second kappa shape index (κ2) is 7.00. The van der Waals surface area contributed by atoms with Crippen molar-refractivity contribution in [2.24, 2.45) is 0 Å². The van der Waals surface area contributed by atoms with E-state index in [2.05, 4.69) is 0 Å². The van der Waals surface area contributed by atoms with Gasteiger partial charge in [-0.15, -0.1) is 0 Å². The second-order valence-electron chi connectivity index (χ2n) is 4.99. The van der Waals surface area contributed by atoms with Crippen LogP contribution in [0.4, 0.5) is 0 Å². The van der Waals surface area contributed by atoms with E-state index in [9.17, 15) is 13.5 Å². The Morgan fingerprint density at radius 2 is 2.24 bits per heavy atom. The Morgan fingerprint density at radius 3 is 2.86 bits per heavy atom. The van der Waals surface area contributed by atoms with Crippen LogP contribution in [0.5, 0.6) is 5.75 Å². The van der Waals surface area contributed by atoms with Crippen molar-refractivity contribution in [2.75, 3.05) is 31.8 Å². The molecular formula is C14H21NO4S2. The molecule has 21 heavy (non-hydrogen) atoms. The van der Waals surface area contributed by atoms with Crippen LogP contribution >= 0.6 is 11.8 Å². The Labute approximate surface area is 130 Å². The molecule has 1 N–H and O–H groups in total. The molecule has 0 aromatic heterocycles. The molecule has 1 heterocycles. The van der Waals surface area contributed by atoms with Gasteiger partial charge in [0.25, 0.3) is 0 Å². The first-order valence-electron chi connectivity index (χ1n) is 6.88. The van der Waals surface area contributed by atoms with Gasteiger partial charge in [0.15, 0.2) is 0 Å². The highest BCUT2D eigenvalue weighted by Crippen LogP contribution is 2.29. The Kier molecular flexibility index (Phi) is 5.54. The smallest absolute Gasteiger partial charge is 0.243 e. The molecule has 1 saturated heterocycles. The third kappa shape index (κ3) is 3.53. The van der Waals surface area contributed by atoms with Gasteiger partial charge >= 0.3 is 0 Å². The fraction of sp³-hybridized carbons (Fsp3) is 0.571. The van der Waals surface area contributed by atoms with Crippen LogP contribution in [0.2, 0.25) is 0 Å². The molecule has 7 heteroatoms. The molecule has 0 spiro atoms. The summed E-state index contributed by atoms with van der Waals surface area (Å²) in [6.07, 6.45) is 0.294. The summed E-state index contributed by atoms with van der Waals surface area (Å²) >= 11 is 1.77. The minimum atomic E-state index is -3.54. The summed E-state index contributed by atoms with van der Waals surface area (Å²) in [4.78, 5) is 0.274. The van der Waals surface area contributed by atoms with Crippen LogP contribution in [-0.2, 0) is 16.4 Å². The van der Waals surface area contributed by atoms with E-state index in [1.807, 2.05) is 6.92 Å². The first-order valence-corrected chi connectivity index (χ1v) is 9.47. The van der Waals surface area contributed by atoms with Crippen LogP contribution in [0.15, 0.2) is 23.1 Å². The second-order valence-corrected chi connectivity index (χ2v) is 8.00. The van der Waals surface area contributed by atoms with Crippen LogP contribution < -0.4 is 4.74 Å². The maximum Gasteiger partial charge on any atom is 0.243 e. The van der Waals surface area contributed by atoms with Gasteiger partial charge in [0, 0.05) is 30.7 Å². The van der Waals surface area contributed by atoms with Crippen molar-refractivity contribution >= 4 is 21.8 Å². The Bertz CT molecular complexity index is 589. The predicted octanol–water partition coefficient (Wildman–Crippen LogP) is 1.36. The average molecular weight is 331 g/mol. The van der Waals surface area contributed by atoms with Crippen molar-refractivity contribution in [2.45, 2.75) is 24.3 Å². The molecule has 0 saturated carbocycles. The first-order chi connectivity index (χ1) is 10.0. The van der Waals surface area contributed by atoms with Gasteiger partial charge in [-0.05, 0) is 37.1 Å². The average Bonchev–Trinajstić information content (AvgIpc) is 2.47.